The highest BCUT2D eigenvalue weighted by molar-refractivity contribution is 14.0. The van der Waals surface area contributed by atoms with E-state index in [0.29, 0.717) is 25.6 Å². The van der Waals surface area contributed by atoms with Crippen LogP contribution in [-0.2, 0) is 16.4 Å². The summed E-state index contributed by atoms with van der Waals surface area (Å²) in [6.07, 6.45) is 0. The normalized spacial score (nSPS) is 19.2. The summed E-state index contributed by atoms with van der Waals surface area (Å²) in [6.45, 7) is 6.60. The molecule has 0 atom stereocenters. The molecule has 2 rings (SSSR count). The highest BCUT2D eigenvalue weighted by atomic mass is 127. The van der Waals surface area contributed by atoms with Gasteiger partial charge in [0.2, 0.25) is 0 Å². The van der Waals surface area contributed by atoms with Crippen molar-refractivity contribution in [3.05, 3.63) is 35.4 Å². The fourth-order valence-corrected chi connectivity index (χ4v) is 3.93. The number of hydrogen-bond donors (Lipinski definition) is 1. The van der Waals surface area contributed by atoms with Gasteiger partial charge in [-0.3, -0.25) is 0 Å². The van der Waals surface area contributed by atoms with Crippen molar-refractivity contribution in [1.29, 1.82) is 0 Å². The molecule has 0 bridgehead atoms. The smallest absolute Gasteiger partial charge is 0.194 e. The lowest BCUT2D eigenvalue weighted by molar-refractivity contribution is 0.353. The van der Waals surface area contributed by atoms with E-state index < -0.39 is 26.2 Å². The first-order valence-corrected chi connectivity index (χ1v) is 9.51. The van der Waals surface area contributed by atoms with E-state index in [1.807, 2.05) is 11.8 Å². The van der Waals surface area contributed by atoms with Gasteiger partial charge in [0.15, 0.2) is 15.8 Å². The topological polar surface area (TPSA) is 61.8 Å². The molecule has 0 aliphatic carbocycles. The van der Waals surface area contributed by atoms with Crippen LogP contribution < -0.4 is 5.32 Å². The Morgan fingerprint density at radius 1 is 1.36 bits per heavy atom. The Balaban J connectivity index is 0.00000312. The molecule has 1 aliphatic heterocycles. The van der Waals surface area contributed by atoms with E-state index in [4.69, 9.17) is 0 Å². The van der Waals surface area contributed by atoms with Gasteiger partial charge in [0.1, 0.15) is 11.6 Å². The fraction of sp³-hybridized carbons (Fsp3) is 0.562. The average molecular weight is 487 g/mol. The van der Waals surface area contributed by atoms with E-state index in [-0.39, 0.29) is 41.8 Å². The standard InChI is InChI=1S/C16H23F2N3O2S.HI/c1-4-19-15(20-10-12-5-6-13(17)9-14(12)18)21-7-8-24(22,23)16(2,3)11-21;/h5-6,9H,4,7-8,10-11H2,1-3H3,(H,19,20);1H. The first-order chi connectivity index (χ1) is 11.2. The second-order valence-electron chi connectivity index (χ2n) is 6.41. The van der Waals surface area contributed by atoms with E-state index in [2.05, 4.69) is 10.3 Å². The van der Waals surface area contributed by atoms with Gasteiger partial charge >= 0.3 is 0 Å². The van der Waals surface area contributed by atoms with Crippen LogP contribution in [-0.4, -0.2) is 49.4 Å². The van der Waals surface area contributed by atoms with Gasteiger partial charge in [-0.25, -0.2) is 22.2 Å². The SMILES string of the molecule is CCNC(=NCc1ccc(F)cc1F)N1CCS(=O)(=O)C(C)(C)C1.I. The highest BCUT2D eigenvalue weighted by Crippen LogP contribution is 2.24. The molecule has 1 N–H and O–H groups in total. The molecule has 1 aromatic carbocycles. The lowest BCUT2D eigenvalue weighted by Gasteiger charge is -2.39. The van der Waals surface area contributed by atoms with Gasteiger partial charge in [-0.05, 0) is 26.8 Å². The van der Waals surface area contributed by atoms with Crippen LogP contribution in [0.25, 0.3) is 0 Å². The molecule has 0 spiro atoms. The van der Waals surface area contributed by atoms with Crippen LogP contribution >= 0.6 is 24.0 Å². The quantitative estimate of drug-likeness (QED) is 0.405. The number of nitrogens with one attached hydrogen (secondary N) is 1. The van der Waals surface area contributed by atoms with Gasteiger partial charge in [0.05, 0.1) is 17.0 Å². The van der Waals surface area contributed by atoms with Crippen molar-refractivity contribution in [2.45, 2.75) is 32.1 Å². The van der Waals surface area contributed by atoms with Crippen LogP contribution in [0.3, 0.4) is 0 Å². The summed E-state index contributed by atoms with van der Waals surface area (Å²) in [7, 11) is -3.15. The van der Waals surface area contributed by atoms with Crippen molar-refractivity contribution in [2.75, 3.05) is 25.4 Å². The Labute approximate surface area is 164 Å². The zero-order valence-corrected chi connectivity index (χ0v) is 17.7. The summed E-state index contributed by atoms with van der Waals surface area (Å²) in [4.78, 5) is 6.25. The molecule has 0 unspecified atom stereocenters. The largest absolute Gasteiger partial charge is 0.357 e. The predicted molar refractivity (Wildman–Crippen MR) is 106 cm³/mol. The zero-order chi connectivity index (χ0) is 18.0. The number of sulfone groups is 1. The Morgan fingerprint density at radius 2 is 2.04 bits per heavy atom. The second-order valence-corrected chi connectivity index (χ2v) is 9.15. The van der Waals surface area contributed by atoms with Crippen molar-refractivity contribution >= 4 is 39.8 Å². The van der Waals surface area contributed by atoms with Crippen molar-refractivity contribution in [3.8, 4) is 0 Å². The lowest BCUT2D eigenvalue weighted by Crippen LogP contribution is -2.57. The predicted octanol–water partition coefficient (Wildman–Crippen LogP) is 2.56. The van der Waals surface area contributed by atoms with Crippen molar-refractivity contribution < 1.29 is 17.2 Å². The highest BCUT2D eigenvalue weighted by Gasteiger charge is 2.40. The zero-order valence-electron chi connectivity index (χ0n) is 14.6. The third kappa shape index (κ3) is 5.25. The van der Waals surface area contributed by atoms with Crippen LogP contribution in [0.4, 0.5) is 8.78 Å². The minimum atomic E-state index is -3.15. The number of guanidine groups is 1. The summed E-state index contributed by atoms with van der Waals surface area (Å²) in [5, 5.41) is 3.10. The Hall–Kier alpha value is -0.970. The monoisotopic (exact) mass is 487 g/mol. The molecule has 9 heteroatoms. The maximum atomic E-state index is 13.7. The first kappa shape index (κ1) is 22.1. The van der Waals surface area contributed by atoms with E-state index in [9.17, 15) is 17.2 Å². The van der Waals surface area contributed by atoms with E-state index in [1.54, 1.807) is 13.8 Å². The molecule has 5 nitrogen and oxygen atoms in total. The van der Waals surface area contributed by atoms with Crippen LogP contribution in [0.1, 0.15) is 26.3 Å². The maximum Gasteiger partial charge on any atom is 0.194 e. The second kappa shape index (κ2) is 8.61. The van der Waals surface area contributed by atoms with Gasteiger partial charge in [0.25, 0.3) is 0 Å². The molecule has 1 saturated heterocycles. The minimum absolute atomic E-state index is 0. The summed E-state index contributed by atoms with van der Waals surface area (Å²) < 4.78 is 50.0. The molecule has 0 radical (unpaired) electrons. The van der Waals surface area contributed by atoms with Gasteiger partial charge in [-0.15, -0.1) is 24.0 Å². The molecule has 1 heterocycles. The molecular formula is C16H24F2IN3O2S. The molecule has 1 aliphatic rings. The van der Waals surface area contributed by atoms with E-state index >= 15 is 0 Å². The fourth-order valence-electron chi connectivity index (χ4n) is 2.56. The Bertz CT molecular complexity index is 739. The van der Waals surface area contributed by atoms with Gasteiger partial charge in [-0.1, -0.05) is 6.07 Å². The molecular weight excluding hydrogens is 463 g/mol. The number of halogens is 3. The molecule has 0 saturated carbocycles. The summed E-state index contributed by atoms with van der Waals surface area (Å²) in [5.74, 6) is -0.689. The van der Waals surface area contributed by atoms with Crippen LogP contribution in [0.15, 0.2) is 23.2 Å². The lowest BCUT2D eigenvalue weighted by atomic mass is 10.2. The number of benzene rings is 1. The Kier molecular flexibility index (Phi) is 7.60. The summed E-state index contributed by atoms with van der Waals surface area (Å²) in [6, 6.07) is 3.38. The third-order valence-corrected chi connectivity index (χ3v) is 6.63. The Morgan fingerprint density at radius 3 is 2.60 bits per heavy atom. The van der Waals surface area contributed by atoms with Gasteiger partial charge < -0.3 is 10.2 Å². The molecule has 25 heavy (non-hydrogen) atoms. The molecule has 0 aromatic heterocycles. The maximum absolute atomic E-state index is 13.7. The van der Waals surface area contributed by atoms with Crippen LogP contribution in [0.5, 0.6) is 0 Å². The summed E-state index contributed by atoms with van der Waals surface area (Å²) >= 11 is 0. The molecule has 1 aromatic rings. The van der Waals surface area contributed by atoms with E-state index in [1.165, 1.54) is 12.1 Å². The third-order valence-electron chi connectivity index (χ3n) is 4.09. The molecule has 1 fully saturated rings. The number of aliphatic imine (C=N–C) groups is 1. The number of rotatable bonds is 3. The van der Waals surface area contributed by atoms with Crippen molar-refractivity contribution in [3.63, 3.8) is 0 Å². The summed E-state index contributed by atoms with van der Waals surface area (Å²) in [5.41, 5.74) is 0.288. The minimum Gasteiger partial charge on any atom is -0.357 e. The number of hydrogen-bond acceptors (Lipinski definition) is 3. The van der Waals surface area contributed by atoms with Gasteiger partial charge in [0, 0.05) is 31.3 Å². The average Bonchev–Trinajstić information content (AvgIpc) is 2.48. The van der Waals surface area contributed by atoms with E-state index in [0.717, 1.165) is 6.07 Å². The molecule has 142 valence electrons. The van der Waals surface area contributed by atoms with Gasteiger partial charge in [-0.2, -0.15) is 0 Å². The van der Waals surface area contributed by atoms with Crippen molar-refractivity contribution in [2.24, 2.45) is 4.99 Å². The number of nitrogens with zero attached hydrogens (tertiary/aromatic N) is 2. The van der Waals surface area contributed by atoms with Crippen LogP contribution in [0.2, 0.25) is 0 Å². The van der Waals surface area contributed by atoms with Crippen molar-refractivity contribution in [1.82, 2.24) is 10.2 Å². The first-order valence-electron chi connectivity index (χ1n) is 7.86. The molecule has 0 amide bonds. The van der Waals surface area contributed by atoms with Crippen LogP contribution in [0, 0.1) is 11.6 Å².